The molecule has 4 N–H and O–H groups in total. The van der Waals surface area contributed by atoms with E-state index in [0.29, 0.717) is 24.8 Å². The van der Waals surface area contributed by atoms with E-state index in [1.54, 1.807) is 0 Å². The molecule has 0 aromatic carbocycles. The molecule has 0 aromatic rings. The van der Waals surface area contributed by atoms with Crippen LogP contribution >= 0.6 is 0 Å². The van der Waals surface area contributed by atoms with Gasteiger partial charge in [0.1, 0.15) is 6.04 Å². The lowest BCUT2D eigenvalue weighted by Crippen LogP contribution is -2.48. The average molecular weight is 239 g/mol. The van der Waals surface area contributed by atoms with E-state index < -0.39 is 6.04 Å². The molecular weight excluding hydrogens is 222 g/mol. The van der Waals surface area contributed by atoms with Gasteiger partial charge in [0, 0.05) is 19.5 Å². The monoisotopic (exact) mass is 239 g/mol. The summed E-state index contributed by atoms with van der Waals surface area (Å²) in [5.74, 6) is 5.34. The highest BCUT2D eigenvalue weighted by atomic mass is 16.2. The number of aliphatic imine (C=N–C) groups is 1. The molecule has 2 aliphatic rings. The fraction of sp³-hybridized carbons (Fsp3) is 0.700. The van der Waals surface area contributed by atoms with Crippen LogP contribution in [0.1, 0.15) is 25.7 Å². The van der Waals surface area contributed by atoms with Crippen LogP contribution < -0.4 is 16.6 Å². The Morgan fingerprint density at radius 2 is 2.12 bits per heavy atom. The molecule has 1 unspecified atom stereocenters. The van der Waals surface area contributed by atoms with Crippen LogP contribution in [0, 0.1) is 0 Å². The van der Waals surface area contributed by atoms with Crippen molar-refractivity contribution in [1.29, 1.82) is 0 Å². The van der Waals surface area contributed by atoms with Gasteiger partial charge in [0.15, 0.2) is 0 Å². The van der Waals surface area contributed by atoms with Crippen molar-refractivity contribution >= 4 is 17.8 Å². The molecule has 0 aromatic heterocycles. The van der Waals surface area contributed by atoms with Gasteiger partial charge < -0.3 is 5.32 Å². The topological polar surface area (TPSA) is 99.8 Å². The van der Waals surface area contributed by atoms with Gasteiger partial charge in [-0.25, -0.2) is 10.8 Å². The average Bonchev–Trinajstić information content (AvgIpc) is 3.12. The number of piperidine rings is 1. The summed E-state index contributed by atoms with van der Waals surface area (Å²) in [5, 5.41) is 3.09. The highest BCUT2D eigenvalue weighted by molar-refractivity contribution is 6.01. The molecule has 2 amide bonds. The Labute approximate surface area is 99.4 Å². The van der Waals surface area contributed by atoms with Gasteiger partial charge in [0.05, 0.1) is 0 Å². The first-order chi connectivity index (χ1) is 8.11. The van der Waals surface area contributed by atoms with Gasteiger partial charge in [0.25, 0.3) is 5.91 Å². The molecule has 2 fully saturated rings. The quantitative estimate of drug-likeness (QED) is 0.183. The van der Waals surface area contributed by atoms with Crippen molar-refractivity contribution in [3.63, 3.8) is 0 Å². The fourth-order valence-electron chi connectivity index (χ4n) is 1.71. The molecule has 2 rings (SSSR count). The minimum Gasteiger partial charge on any atom is -0.353 e. The van der Waals surface area contributed by atoms with Crippen molar-refractivity contribution < 1.29 is 9.59 Å². The summed E-state index contributed by atoms with van der Waals surface area (Å²) in [6.45, 7) is 0. The Morgan fingerprint density at radius 1 is 1.41 bits per heavy atom. The van der Waals surface area contributed by atoms with Crippen LogP contribution in [0.4, 0.5) is 0 Å². The molecule has 0 radical (unpaired) electrons. The molecule has 1 aliphatic heterocycles. The molecular formula is C10H17N5O2. The normalized spacial score (nSPS) is 26.1. The molecule has 1 aliphatic carbocycles. The third kappa shape index (κ3) is 2.73. The highest BCUT2D eigenvalue weighted by Gasteiger charge is 2.32. The first-order valence-electron chi connectivity index (χ1n) is 5.73. The number of hydrazine groups is 1. The number of rotatable bonds is 2. The predicted molar refractivity (Wildman–Crippen MR) is 61.7 cm³/mol. The number of hydrogen-bond acceptors (Lipinski definition) is 4. The number of amides is 2. The van der Waals surface area contributed by atoms with Crippen molar-refractivity contribution in [2.24, 2.45) is 10.8 Å². The van der Waals surface area contributed by atoms with Crippen molar-refractivity contribution in [3.8, 4) is 0 Å². The number of carbonyl (C=O) groups excluding carboxylic acids is 2. The summed E-state index contributed by atoms with van der Waals surface area (Å²) in [5.41, 5.74) is 2.45. The first-order valence-corrected chi connectivity index (χ1v) is 5.73. The third-order valence-corrected chi connectivity index (χ3v) is 2.96. The molecule has 0 spiro atoms. The van der Waals surface area contributed by atoms with Gasteiger partial charge in [-0.1, -0.05) is 0 Å². The second kappa shape index (κ2) is 4.70. The molecule has 1 atom stereocenters. The van der Waals surface area contributed by atoms with Crippen LogP contribution in [0.2, 0.25) is 0 Å². The van der Waals surface area contributed by atoms with E-state index in [1.807, 2.05) is 0 Å². The maximum atomic E-state index is 11.8. The van der Waals surface area contributed by atoms with E-state index in [9.17, 15) is 9.59 Å². The van der Waals surface area contributed by atoms with Crippen molar-refractivity contribution in [3.05, 3.63) is 0 Å². The van der Waals surface area contributed by atoms with Gasteiger partial charge in [0.2, 0.25) is 11.9 Å². The summed E-state index contributed by atoms with van der Waals surface area (Å²) in [6, 6.07) is -0.113. The van der Waals surface area contributed by atoms with E-state index in [2.05, 4.69) is 15.7 Å². The maximum Gasteiger partial charge on any atom is 0.253 e. The summed E-state index contributed by atoms with van der Waals surface area (Å²) >= 11 is 0. The molecule has 7 heteroatoms. The molecule has 1 heterocycles. The second-order valence-corrected chi connectivity index (χ2v) is 4.39. The SMILES string of the molecule is CN1C(=O)CCC(N=C(NN)NC2CC2)C1=O. The van der Waals surface area contributed by atoms with E-state index in [1.165, 1.54) is 7.05 Å². The van der Waals surface area contributed by atoms with E-state index in [-0.39, 0.29) is 11.8 Å². The molecule has 94 valence electrons. The van der Waals surface area contributed by atoms with Crippen LogP contribution in [0.5, 0.6) is 0 Å². The molecule has 1 saturated heterocycles. The fourth-order valence-corrected chi connectivity index (χ4v) is 1.71. The van der Waals surface area contributed by atoms with Crippen LogP contribution in [-0.2, 0) is 9.59 Å². The zero-order chi connectivity index (χ0) is 12.4. The third-order valence-electron chi connectivity index (χ3n) is 2.96. The number of carbonyl (C=O) groups is 2. The number of nitrogens with zero attached hydrogens (tertiary/aromatic N) is 2. The summed E-state index contributed by atoms with van der Waals surface area (Å²) < 4.78 is 0. The van der Waals surface area contributed by atoms with Crippen molar-refractivity contribution in [1.82, 2.24) is 15.6 Å². The number of likely N-dealkylation sites (tertiary alicyclic amines) is 1. The summed E-state index contributed by atoms with van der Waals surface area (Å²) in [6.07, 6.45) is 2.98. The second-order valence-electron chi connectivity index (χ2n) is 4.39. The van der Waals surface area contributed by atoms with Gasteiger partial charge in [-0.3, -0.25) is 19.9 Å². The van der Waals surface area contributed by atoms with Crippen LogP contribution in [0.3, 0.4) is 0 Å². The lowest BCUT2D eigenvalue weighted by Gasteiger charge is -2.25. The van der Waals surface area contributed by atoms with Crippen LogP contribution in [-0.4, -0.2) is 41.8 Å². The molecule has 7 nitrogen and oxygen atoms in total. The number of guanidine groups is 1. The molecule has 0 bridgehead atoms. The lowest BCUT2D eigenvalue weighted by atomic mass is 10.1. The first kappa shape index (κ1) is 11.8. The molecule has 17 heavy (non-hydrogen) atoms. The minimum absolute atomic E-state index is 0.154. The maximum absolute atomic E-state index is 11.8. The van der Waals surface area contributed by atoms with Gasteiger partial charge >= 0.3 is 0 Å². The minimum atomic E-state index is -0.519. The summed E-state index contributed by atoms with van der Waals surface area (Å²) in [7, 11) is 1.48. The van der Waals surface area contributed by atoms with Crippen LogP contribution in [0.25, 0.3) is 0 Å². The van der Waals surface area contributed by atoms with E-state index >= 15 is 0 Å². The zero-order valence-corrected chi connectivity index (χ0v) is 9.77. The standard InChI is InChI=1S/C10H17N5O2/c1-15-8(16)5-4-7(9(15)17)13-10(14-11)12-6-2-3-6/h6-7H,2-5,11H2,1H3,(H2,12,13,14). The molecule has 1 saturated carbocycles. The van der Waals surface area contributed by atoms with E-state index in [0.717, 1.165) is 17.7 Å². The number of imide groups is 1. The lowest BCUT2D eigenvalue weighted by molar-refractivity contribution is -0.147. The van der Waals surface area contributed by atoms with Crippen LogP contribution in [0.15, 0.2) is 4.99 Å². The number of nitrogens with one attached hydrogen (secondary N) is 2. The van der Waals surface area contributed by atoms with Crippen molar-refractivity contribution in [2.75, 3.05) is 7.05 Å². The van der Waals surface area contributed by atoms with Gasteiger partial charge in [-0.2, -0.15) is 0 Å². The largest absolute Gasteiger partial charge is 0.353 e. The Morgan fingerprint density at radius 3 is 2.71 bits per heavy atom. The Balaban J connectivity index is 2.02. The Kier molecular flexibility index (Phi) is 3.28. The number of likely N-dealkylation sites (N-methyl/N-ethyl adjacent to an activating group) is 1. The van der Waals surface area contributed by atoms with E-state index in [4.69, 9.17) is 5.84 Å². The zero-order valence-electron chi connectivity index (χ0n) is 9.77. The Bertz CT molecular complexity index is 364. The van der Waals surface area contributed by atoms with Gasteiger partial charge in [-0.05, 0) is 19.3 Å². The highest BCUT2D eigenvalue weighted by Crippen LogP contribution is 2.19. The van der Waals surface area contributed by atoms with Gasteiger partial charge in [-0.15, -0.1) is 0 Å². The van der Waals surface area contributed by atoms with Crippen molar-refractivity contribution in [2.45, 2.75) is 37.8 Å². The smallest absolute Gasteiger partial charge is 0.253 e. The predicted octanol–water partition coefficient (Wildman–Crippen LogP) is -1.29. The summed E-state index contributed by atoms with van der Waals surface area (Å²) in [4.78, 5) is 28.4. The number of hydrogen-bond donors (Lipinski definition) is 3. The Hall–Kier alpha value is -1.63. The number of nitrogens with two attached hydrogens (primary N) is 1.